The maximum absolute atomic E-state index is 9.34. The molecule has 0 rings (SSSR count). The monoisotopic (exact) mass is 504 g/mol. The standard InChI is InChI=1S/C28H62NO4Si/c1-8-9-10-11-12-13-14-15-16-17-18-19-20-21-28(22-23-29(4,5)26-27(2)3)34(31-6,32-7)33-25-24-30/h27-28,30H,8-26H2,1-7H3/q+1. The minimum absolute atomic E-state index is 0.00182. The van der Waals surface area contributed by atoms with Crippen LogP contribution in [0.3, 0.4) is 0 Å². The predicted molar refractivity (Wildman–Crippen MR) is 148 cm³/mol. The van der Waals surface area contributed by atoms with E-state index >= 15 is 0 Å². The van der Waals surface area contributed by atoms with Crippen molar-refractivity contribution in [3.05, 3.63) is 0 Å². The molecule has 0 aromatic rings. The van der Waals surface area contributed by atoms with Gasteiger partial charge in [0.2, 0.25) is 0 Å². The molecule has 0 aromatic heterocycles. The molecule has 206 valence electrons. The second kappa shape index (κ2) is 21.1. The summed E-state index contributed by atoms with van der Waals surface area (Å²) in [5.41, 5.74) is 0.284. The summed E-state index contributed by atoms with van der Waals surface area (Å²) in [6.45, 7) is 9.40. The van der Waals surface area contributed by atoms with E-state index < -0.39 is 8.80 Å². The molecule has 0 aliphatic heterocycles. The number of quaternary nitrogens is 1. The zero-order chi connectivity index (χ0) is 25.7. The lowest BCUT2D eigenvalue weighted by atomic mass is 10.0. The summed E-state index contributed by atoms with van der Waals surface area (Å²) in [5.74, 6) is 0.673. The first-order chi connectivity index (χ1) is 16.3. The number of rotatable bonds is 25. The topological polar surface area (TPSA) is 47.9 Å². The second-order valence-corrected chi connectivity index (χ2v) is 14.5. The highest BCUT2D eigenvalue weighted by molar-refractivity contribution is 6.62. The number of nitrogens with zero attached hydrogens (tertiary/aromatic N) is 1. The van der Waals surface area contributed by atoms with E-state index in [2.05, 4.69) is 34.9 Å². The van der Waals surface area contributed by atoms with Crippen LogP contribution in [-0.2, 0) is 13.3 Å². The zero-order valence-corrected chi connectivity index (χ0v) is 25.2. The van der Waals surface area contributed by atoms with Crippen molar-refractivity contribution in [1.82, 2.24) is 0 Å². The lowest BCUT2D eigenvalue weighted by Crippen LogP contribution is -2.51. The van der Waals surface area contributed by atoms with E-state index in [9.17, 15) is 5.11 Å². The van der Waals surface area contributed by atoms with Crippen molar-refractivity contribution in [2.24, 2.45) is 5.92 Å². The molecule has 0 aliphatic rings. The maximum atomic E-state index is 9.34. The van der Waals surface area contributed by atoms with Crippen molar-refractivity contribution in [2.45, 2.75) is 123 Å². The van der Waals surface area contributed by atoms with E-state index in [1.807, 2.05) is 0 Å². The Morgan fingerprint density at radius 3 is 1.62 bits per heavy atom. The molecule has 0 saturated heterocycles. The van der Waals surface area contributed by atoms with Crippen molar-refractivity contribution in [1.29, 1.82) is 0 Å². The van der Waals surface area contributed by atoms with Crippen LogP contribution in [0.5, 0.6) is 0 Å². The molecule has 0 saturated carbocycles. The molecule has 1 N–H and O–H groups in total. The third kappa shape index (κ3) is 16.6. The van der Waals surface area contributed by atoms with Gasteiger partial charge in [-0.05, 0) is 6.42 Å². The van der Waals surface area contributed by atoms with E-state index in [1.54, 1.807) is 14.2 Å². The molecule has 0 fully saturated rings. The van der Waals surface area contributed by atoms with E-state index in [0.717, 1.165) is 30.4 Å². The fourth-order valence-corrected chi connectivity index (χ4v) is 8.05. The Morgan fingerprint density at radius 1 is 0.735 bits per heavy atom. The van der Waals surface area contributed by atoms with E-state index in [0.29, 0.717) is 5.92 Å². The number of aliphatic hydroxyl groups excluding tert-OH is 1. The Bertz CT molecular complexity index is 444. The molecule has 0 spiro atoms. The molecule has 0 heterocycles. The summed E-state index contributed by atoms with van der Waals surface area (Å²) >= 11 is 0. The van der Waals surface area contributed by atoms with Crippen LogP contribution < -0.4 is 0 Å². The molecule has 0 bridgehead atoms. The molecule has 1 atom stereocenters. The van der Waals surface area contributed by atoms with Gasteiger partial charge in [-0.2, -0.15) is 0 Å². The highest BCUT2D eigenvalue weighted by Gasteiger charge is 2.48. The summed E-state index contributed by atoms with van der Waals surface area (Å²) in [4.78, 5) is 0. The van der Waals surface area contributed by atoms with Crippen molar-refractivity contribution in [3.63, 3.8) is 0 Å². The smallest absolute Gasteiger partial charge is 0.394 e. The van der Waals surface area contributed by atoms with Crippen LogP contribution in [0.4, 0.5) is 0 Å². The first-order valence-electron chi connectivity index (χ1n) is 14.4. The largest absolute Gasteiger partial charge is 0.503 e. The summed E-state index contributed by atoms with van der Waals surface area (Å²) in [6.07, 6.45) is 19.9. The van der Waals surface area contributed by atoms with Crippen molar-refractivity contribution in [3.8, 4) is 0 Å². The minimum Gasteiger partial charge on any atom is -0.394 e. The fourth-order valence-electron chi connectivity index (χ4n) is 5.33. The number of hydrogen-bond donors (Lipinski definition) is 1. The number of aliphatic hydroxyl groups is 1. The summed E-state index contributed by atoms with van der Waals surface area (Å²) in [5, 5.41) is 9.34. The van der Waals surface area contributed by atoms with Crippen LogP contribution in [0.1, 0.15) is 117 Å². The Morgan fingerprint density at radius 2 is 1.21 bits per heavy atom. The number of unbranched alkanes of at least 4 members (excludes halogenated alkanes) is 12. The van der Waals surface area contributed by atoms with Gasteiger partial charge in [-0.3, -0.25) is 0 Å². The van der Waals surface area contributed by atoms with Crippen LogP contribution in [0, 0.1) is 5.92 Å². The maximum Gasteiger partial charge on any atom is 0.503 e. The SMILES string of the molecule is CCCCCCCCCCCCCCCC(CC[N+](C)(C)CC(C)C)[Si](OC)(OC)OCCO. The molecule has 6 heteroatoms. The first-order valence-corrected chi connectivity index (χ1v) is 16.2. The molecule has 0 aliphatic carbocycles. The summed E-state index contributed by atoms with van der Waals surface area (Å²) in [6, 6.07) is 0. The second-order valence-electron chi connectivity index (χ2n) is 11.3. The van der Waals surface area contributed by atoms with Gasteiger partial charge in [0.05, 0.1) is 40.4 Å². The van der Waals surface area contributed by atoms with Gasteiger partial charge >= 0.3 is 8.80 Å². The molecule has 0 radical (unpaired) electrons. The van der Waals surface area contributed by atoms with Crippen LogP contribution in [0.25, 0.3) is 0 Å². The van der Waals surface area contributed by atoms with Crippen LogP contribution in [-0.4, -0.2) is 73.0 Å². The lowest BCUT2D eigenvalue weighted by Gasteiger charge is -2.37. The average molecular weight is 505 g/mol. The van der Waals surface area contributed by atoms with E-state index in [1.165, 1.54) is 83.5 Å². The van der Waals surface area contributed by atoms with Gasteiger partial charge in [-0.15, -0.1) is 0 Å². The van der Waals surface area contributed by atoms with Gasteiger partial charge in [0.25, 0.3) is 0 Å². The van der Waals surface area contributed by atoms with Crippen LogP contribution in [0.2, 0.25) is 5.54 Å². The van der Waals surface area contributed by atoms with Crippen LogP contribution in [0.15, 0.2) is 0 Å². The normalized spacial score (nSPS) is 13.7. The Hall–Kier alpha value is 0.0169. The van der Waals surface area contributed by atoms with Crippen molar-refractivity contribution >= 4 is 8.80 Å². The van der Waals surface area contributed by atoms with Crippen molar-refractivity contribution < 1.29 is 22.9 Å². The Labute approximate surface area is 214 Å². The van der Waals surface area contributed by atoms with E-state index in [4.69, 9.17) is 13.3 Å². The third-order valence-corrected chi connectivity index (χ3v) is 10.4. The molecule has 5 nitrogen and oxygen atoms in total. The molecule has 34 heavy (non-hydrogen) atoms. The highest BCUT2D eigenvalue weighted by Crippen LogP contribution is 2.34. The Kier molecular flexibility index (Phi) is 21.1. The quantitative estimate of drug-likeness (QED) is 0.0811. The molecular formula is C28H62NO4Si+. The fraction of sp³-hybridized carbons (Fsp3) is 1.00. The van der Waals surface area contributed by atoms with Gasteiger partial charge in [-0.1, -0.05) is 104 Å². The average Bonchev–Trinajstić information content (AvgIpc) is 2.79. The Balaban J connectivity index is 4.45. The van der Waals surface area contributed by atoms with Crippen LogP contribution >= 0.6 is 0 Å². The molecular weight excluding hydrogens is 442 g/mol. The van der Waals surface area contributed by atoms with E-state index in [-0.39, 0.29) is 18.8 Å². The first kappa shape index (κ1) is 34.0. The van der Waals surface area contributed by atoms with Crippen molar-refractivity contribution in [2.75, 3.05) is 54.6 Å². The van der Waals surface area contributed by atoms with Gasteiger partial charge < -0.3 is 22.9 Å². The molecule has 0 aromatic carbocycles. The number of hydrogen-bond acceptors (Lipinski definition) is 4. The third-order valence-electron chi connectivity index (χ3n) is 7.06. The summed E-state index contributed by atoms with van der Waals surface area (Å²) < 4.78 is 19.0. The van der Waals surface area contributed by atoms with Gasteiger partial charge in [0.1, 0.15) is 0 Å². The predicted octanol–water partition coefficient (Wildman–Crippen LogP) is 7.20. The lowest BCUT2D eigenvalue weighted by molar-refractivity contribution is -0.893. The van der Waals surface area contributed by atoms with Gasteiger partial charge in [0, 0.05) is 32.1 Å². The molecule has 0 amide bonds. The molecule has 1 unspecified atom stereocenters. The van der Waals surface area contributed by atoms with Gasteiger partial charge in [0.15, 0.2) is 0 Å². The summed E-state index contributed by atoms with van der Waals surface area (Å²) in [7, 11) is 5.27. The minimum atomic E-state index is -2.81. The van der Waals surface area contributed by atoms with Gasteiger partial charge in [-0.25, -0.2) is 0 Å². The zero-order valence-electron chi connectivity index (χ0n) is 24.2. The highest BCUT2D eigenvalue weighted by atomic mass is 28.4.